The number of thioether (sulfide) groups is 2. The molecule has 4 aromatic rings. The van der Waals surface area contributed by atoms with E-state index in [1.165, 1.54) is 31.7 Å². The molecule has 0 radical (unpaired) electrons. The maximum atomic E-state index is 2.28. The van der Waals surface area contributed by atoms with Crippen molar-refractivity contribution in [2.75, 3.05) is 0 Å². The van der Waals surface area contributed by atoms with Crippen molar-refractivity contribution in [3.05, 3.63) is 108 Å². The Balaban J connectivity index is 1.69. The second-order valence-electron chi connectivity index (χ2n) is 6.60. The van der Waals surface area contributed by atoms with Gasteiger partial charge in [0.1, 0.15) is 0 Å². The molecule has 0 saturated heterocycles. The van der Waals surface area contributed by atoms with Gasteiger partial charge in [0.05, 0.1) is 4.08 Å². The first kappa shape index (κ1) is 16.0. The van der Waals surface area contributed by atoms with E-state index in [4.69, 9.17) is 0 Å². The van der Waals surface area contributed by atoms with Crippen LogP contribution in [0.25, 0.3) is 10.8 Å². The van der Waals surface area contributed by atoms with Gasteiger partial charge in [-0.2, -0.15) is 0 Å². The lowest BCUT2D eigenvalue weighted by Gasteiger charge is -2.37. The zero-order valence-corrected chi connectivity index (χ0v) is 15.9. The lowest BCUT2D eigenvalue weighted by molar-refractivity contribution is 0.860. The minimum Gasteiger partial charge on any atom is -0.102 e. The highest BCUT2D eigenvalue weighted by Gasteiger charge is 2.39. The first-order valence-electron chi connectivity index (χ1n) is 8.83. The molecule has 0 fully saturated rings. The average Bonchev–Trinajstić information content (AvgIpc) is 2.70. The van der Waals surface area contributed by atoms with E-state index in [2.05, 4.69) is 97.1 Å². The van der Waals surface area contributed by atoms with Crippen LogP contribution in [0.1, 0.15) is 11.1 Å². The summed E-state index contributed by atoms with van der Waals surface area (Å²) in [4.78, 5) is 2.77. The highest BCUT2D eigenvalue weighted by Crippen LogP contribution is 2.60. The Labute approximate surface area is 162 Å². The van der Waals surface area contributed by atoms with Gasteiger partial charge in [-0.05, 0) is 28.6 Å². The van der Waals surface area contributed by atoms with Crippen LogP contribution in [0.15, 0.2) is 107 Å². The fourth-order valence-corrected chi connectivity index (χ4v) is 7.09. The minimum absolute atomic E-state index is 0.0503. The quantitative estimate of drug-likeness (QED) is 0.376. The van der Waals surface area contributed by atoms with E-state index in [1.54, 1.807) is 0 Å². The summed E-state index contributed by atoms with van der Waals surface area (Å²) in [6.45, 7) is 0. The zero-order chi connectivity index (χ0) is 17.4. The Morgan fingerprint density at radius 3 is 1.77 bits per heavy atom. The Bertz CT molecular complexity index is 1010. The monoisotopic (exact) mass is 370 g/mol. The number of rotatable bonds is 3. The normalized spacial score (nSPS) is 15.1. The van der Waals surface area contributed by atoms with Crippen LogP contribution >= 0.6 is 23.5 Å². The summed E-state index contributed by atoms with van der Waals surface area (Å²) in [5, 5.41) is 2.74. The SMILES string of the molecule is c1ccc(CC2(c3ccccc3)Sc3cccc4cccc(c34)S2)cc1. The maximum Gasteiger partial charge on any atom is 0.0993 e. The largest absolute Gasteiger partial charge is 0.102 e. The van der Waals surface area contributed by atoms with Crippen molar-refractivity contribution in [2.45, 2.75) is 20.3 Å². The van der Waals surface area contributed by atoms with Gasteiger partial charge in [-0.3, -0.25) is 0 Å². The van der Waals surface area contributed by atoms with Crippen LogP contribution < -0.4 is 0 Å². The van der Waals surface area contributed by atoms with Crippen molar-refractivity contribution in [1.82, 2.24) is 0 Å². The van der Waals surface area contributed by atoms with E-state index in [0.29, 0.717) is 0 Å². The first-order valence-corrected chi connectivity index (χ1v) is 10.5. The molecule has 0 unspecified atom stereocenters. The van der Waals surface area contributed by atoms with E-state index < -0.39 is 0 Å². The Hall–Kier alpha value is -2.16. The molecule has 0 N–H and O–H groups in total. The van der Waals surface area contributed by atoms with Crippen LogP contribution in [0, 0.1) is 0 Å². The Morgan fingerprint density at radius 2 is 1.15 bits per heavy atom. The van der Waals surface area contributed by atoms with Crippen molar-refractivity contribution in [3.8, 4) is 0 Å². The fourth-order valence-electron chi connectivity index (χ4n) is 3.67. The maximum absolute atomic E-state index is 2.28. The summed E-state index contributed by atoms with van der Waals surface area (Å²) >= 11 is 4.02. The molecule has 0 aromatic heterocycles. The highest BCUT2D eigenvalue weighted by molar-refractivity contribution is 8.18. The van der Waals surface area contributed by atoms with Gasteiger partial charge in [0.15, 0.2) is 0 Å². The summed E-state index contributed by atoms with van der Waals surface area (Å²) in [7, 11) is 0. The van der Waals surface area contributed by atoms with E-state index in [9.17, 15) is 0 Å². The van der Waals surface area contributed by atoms with Crippen molar-refractivity contribution in [1.29, 1.82) is 0 Å². The molecule has 0 saturated carbocycles. The second-order valence-corrected chi connectivity index (χ2v) is 9.54. The molecule has 0 bridgehead atoms. The second kappa shape index (κ2) is 6.53. The molecular weight excluding hydrogens is 352 g/mol. The minimum atomic E-state index is -0.0503. The Morgan fingerprint density at radius 1 is 0.577 bits per heavy atom. The van der Waals surface area contributed by atoms with Crippen LogP contribution in [0.4, 0.5) is 0 Å². The molecule has 26 heavy (non-hydrogen) atoms. The lowest BCUT2D eigenvalue weighted by atomic mass is 10.0. The van der Waals surface area contributed by atoms with Gasteiger partial charge in [-0.15, -0.1) is 23.5 Å². The van der Waals surface area contributed by atoms with Gasteiger partial charge in [-0.25, -0.2) is 0 Å². The van der Waals surface area contributed by atoms with Gasteiger partial charge < -0.3 is 0 Å². The number of hydrogen-bond acceptors (Lipinski definition) is 2. The van der Waals surface area contributed by atoms with Crippen molar-refractivity contribution < 1.29 is 0 Å². The van der Waals surface area contributed by atoms with Crippen LogP contribution in [0.3, 0.4) is 0 Å². The molecule has 1 aliphatic rings. The predicted molar refractivity (Wildman–Crippen MR) is 114 cm³/mol. The molecular formula is C24H18S2. The molecule has 4 aromatic carbocycles. The third-order valence-corrected chi connectivity index (χ3v) is 7.91. The number of hydrogen-bond donors (Lipinski definition) is 0. The predicted octanol–water partition coefficient (Wildman–Crippen LogP) is 7.13. The molecule has 0 amide bonds. The summed E-state index contributed by atoms with van der Waals surface area (Å²) in [5.74, 6) is 0. The van der Waals surface area contributed by atoms with Crippen molar-refractivity contribution >= 4 is 34.3 Å². The van der Waals surface area contributed by atoms with E-state index >= 15 is 0 Å². The third-order valence-electron chi connectivity index (χ3n) is 4.87. The summed E-state index contributed by atoms with van der Waals surface area (Å²) < 4.78 is -0.0503. The van der Waals surface area contributed by atoms with Crippen molar-refractivity contribution in [2.24, 2.45) is 0 Å². The average molecular weight is 371 g/mol. The van der Waals surface area contributed by atoms with Crippen molar-refractivity contribution in [3.63, 3.8) is 0 Å². The van der Waals surface area contributed by atoms with Crippen LogP contribution in [0.2, 0.25) is 0 Å². The standard InChI is InChI=1S/C24H18S2/c1-3-9-18(10-4-1)17-24(20-13-5-2-6-14-20)25-21-15-7-11-19-12-8-16-22(26-24)23(19)21/h1-16H,17H2. The highest BCUT2D eigenvalue weighted by atomic mass is 32.2. The zero-order valence-electron chi connectivity index (χ0n) is 14.3. The Kier molecular flexibility index (Phi) is 4.03. The third kappa shape index (κ3) is 2.74. The molecule has 0 atom stereocenters. The summed E-state index contributed by atoms with van der Waals surface area (Å²) in [6, 6.07) is 35.2. The molecule has 126 valence electrons. The van der Waals surface area contributed by atoms with Gasteiger partial charge in [0.2, 0.25) is 0 Å². The molecule has 0 nitrogen and oxygen atoms in total. The van der Waals surface area contributed by atoms with Crippen LogP contribution in [-0.2, 0) is 10.5 Å². The van der Waals surface area contributed by atoms with Gasteiger partial charge in [-0.1, -0.05) is 84.9 Å². The molecule has 0 spiro atoms. The van der Waals surface area contributed by atoms with Gasteiger partial charge >= 0.3 is 0 Å². The number of benzene rings is 4. The van der Waals surface area contributed by atoms with Crippen LogP contribution in [-0.4, -0.2) is 0 Å². The first-order chi connectivity index (χ1) is 12.8. The molecule has 2 heteroatoms. The summed E-state index contributed by atoms with van der Waals surface area (Å²) in [6.07, 6.45) is 0.998. The van der Waals surface area contributed by atoms with E-state index in [1.807, 2.05) is 23.5 Å². The molecule has 5 rings (SSSR count). The van der Waals surface area contributed by atoms with Gasteiger partial charge in [0.25, 0.3) is 0 Å². The fraction of sp³-hybridized carbons (Fsp3) is 0.0833. The van der Waals surface area contributed by atoms with E-state index in [-0.39, 0.29) is 4.08 Å². The lowest BCUT2D eigenvalue weighted by Crippen LogP contribution is -2.23. The summed E-state index contributed by atoms with van der Waals surface area (Å²) in [5.41, 5.74) is 2.76. The molecule has 1 heterocycles. The van der Waals surface area contributed by atoms with Crippen LogP contribution in [0.5, 0.6) is 0 Å². The van der Waals surface area contributed by atoms with Gasteiger partial charge in [0, 0.05) is 21.6 Å². The van der Waals surface area contributed by atoms with E-state index in [0.717, 1.165) is 6.42 Å². The molecule has 0 aliphatic carbocycles. The molecule has 1 aliphatic heterocycles. The smallest absolute Gasteiger partial charge is 0.0993 e. The topological polar surface area (TPSA) is 0 Å².